The maximum atomic E-state index is 11.9. The number of hydrogen-bond donors (Lipinski definition) is 2. The third kappa shape index (κ3) is 3.30. The topological polar surface area (TPSA) is 67.2 Å². The van der Waals surface area contributed by atoms with Crippen LogP contribution in [-0.2, 0) is 11.3 Å². The predicted molar refractivity (Wildman–Crippen MR) is 63.3 cm³/mol. The summed E-state index contributed by atoms with van der Waals surface area (Å²) in [5, 5.41) is 9.95. The normalized spacial score (nSPS) is 24.6. The van der Waals surface area contributed by atoms with Gasteiger partial charge in [-0.15, -0.1) is 0 Å². The number of aromatic nitrogens is 1. The summed E-state index contributed by atoms with van der Waals surface area (Å²) in [6.45, 7) is 5.37. The van der Waals surface area contributed by atoms with E-state index in [1.165, 1.54) is 0 Å². The summed E-state index contributed by atoms with van der Waals surface area (Å²) < 4.78 is 4.94. The first-order valence-corrected chi connectivity index (χ1v) is 6.08. The molecule has 1 aliphatic rings. The summed E-state index contributed by atoms with van der Waals surface area (Å²) in [4.78, 5) is 11.9. The fourth-order valence-corrected chi connectivity index (χ4v) is 2.11. The Hall–Kier alpha value is -1.36. The molecular weight excluding hydrogens is 218 g/mol. The first-order chi connectivity index (χ1) is 8.15. The summed E-state index contributed by atoms with van der Waals surface area (Å²) >= 11 is 0. The number of rotatable bonds is 3. The smallest absolute Gasteiger partial charge is 0.237 e. The first-order valence-electron chi connectivity index (χ1n) is 6.08. The van der Waals surface area contributed by atoms with E-state index in [-0.39, 0.29) is 11.9 Å². The lowest BCUT2D eigenvalue weighted by molar-refractivity contribution is -0.124. The molecule has 0 aromatic carbocycles. The van der Waals surface area contributed by atoms with Crippen molar-refractivity contribution in [1.82, 2.24) is 15.8 Å². The molecule has 0 aliphatic carbocycles. The summed E-state index contributed by atoms with van der Waals surface area (Å²) in [7, 11) is 0. The highest BCUT2D eigenvalue weighted by Crippen LogP contribution is 2.15. The standard InChI is InChI=1S/C12H19N3O2/c1-8-3-4-13-11(5-8)12(16)14-7-10-6-9(2)17-15-10/h6,8,11,13H,3-5,7H2,1-2H3,(H,14,16). The molecule has 2 N–H and O–H groups in total. The van der Waals surface area contributed by atoms with Crippen molar-refractivity contribution in [2.45, 2.75) is 39.3 Å². The van der Waals surface area contributed by atoms with Gasteiger partial charge < -0.3 is 15.2 Å². The summed E-state index contributed by atoms with van der Waals surface area (Å²) in [5.74, 6) is 1.43. The van der Waals surface area contributed by atoms with Crippen molar-refractivity contribution in [3.63, 3.8) is 0 Å². The Labute approximate surface area is 101 Å². The van der Waals surface area contributed by atoms with Crippen LogP contribution in [0.25, 0.3) is 0 Å². The molecule has 2 unspecified atom stereocenters. The quantitative estimate of drug-likeness (QED) is 0.822. The maximum Gasteiger partial charge on any atom is 0.237 e. The molecule has 1 fully saturated rings. The van der Waals surface area contributed by atoms with E-state index in [0.717, 1.165) is 30.8 Å². The average molecular weight is 237 g/mol. The Morgan fingerprint density at radius 2 is 2.53 bits per heavy atom. The molecule has 1 aromatic heterocycles. The number of nitrogens with zero attached hydrogens (tertiary/aromatic N) is 1. The number of carbonyl (C=O) groups excluding carboxylic acids is 1. The molecule has 1 aromatic rings. The van der Waals surface area contributed by atoms with Crippen LogP contribution >= 0.6 is 0 Å². The molecule has 1 saturated heterocycles. The zero-order valence-corrected chi connectivity index (χ0v) is 10.3. The Balaban J connectivity index is 1.80. The largest absolute Gasteiger partial charge is 0.361 e. The lowest BCUT2D eigenvalue weighted by Crippen LogP contribution is -2.48. The van der Waals surface area contributed by atoms with Gasteiger partial charge in [0.05, 0.1) is 12.6 Å². The van der Waals surface area contributed by atoms with Crippen molar-refractivity contribution >= 4 is 5.91 Å². The van der Waals surface area contributed by atoms with Crippen LogP contribution < -0.4 is 10.6 Å². The molecular formula is C12H19N3O2. The number of hydrogen-bond acceptors (Lipinski definition) is 4. The number of amides is 1. The van der Waals surface area contributed by atoms with Crippen molar-refractivity contribution in [3.8, 4) is 0 Å². The van der Waals surface area contributed by atoms with E-state index in [1.54, 1.807) is 0 Å². The van der Waals surface area contributed by atoms with Crippen LogP contribution in [0.15, 0.2) is 10.6 Å². The van der Waals surface area contributed by atoms with Crippen molar-refractivity contribution in [2.75, 3.05) is 6.54 Å². The van der Waals surface area contributed by atoms with E-state index >= 15 is 0 Å². The van der Waals surface area contributed by atoms with E-state index in [4.69, 9.17) is 4.52 Å². The van der Waals surface area contributed by atoms with Gasteiger partial charge in [-0.1, -0.05) is 12.1 Å². The summed E-state index contributed by atoms with van der Waals surface area (Å²) in [6, 6.07) is 1.77. The average Bonchev–Trinajstić information content (AvgIpc) is 2.72. The monoisotopic (exact) mass is 237 g/mol. The number of carbonyl (C=O) groups is 1. The van der Waals surface area contributed by atoms with Crippen molar-refractivity contribution in [2.24, 2.45) is 5.92 Å². The van der Waals surface area contributed by atoms with Crippen molar-refractivity contribution in [3.05, 3.63) is 17.5 Å². The molecule has 0 spiro atoms. The maximum absolute atomic E-state index is 11.9. The number of piperidine rings is 1. The van der Waals surface area contributed by atoms with Crippen LogP contribution in [0.3, 0.4) is 0 Å². The minimum Gasteiger partial charge on any atom is -0.361 e. The molecule has 5 heteroatoms. The highest BCUT2D eigenvalue weighted by molar-refractivity contribution is 5.81. The second kappa shape index (κ2) is 5.31. The second-order valence-electron chi connectivity index (χ2n) is 4.78. The number of nitrogens with one attached hydrogen (secondary N) is 2. The molecule has 1 aliphatic heterocycles. The van der Waals surface area contributed by atoms with E-state index in [0.29, 0.717) is 12.5 Å². The fraction of sp³-hybridized carbons (Fsp3) is 0.667. The molecule has 2 rings (SSSR count). The van der Waals surface area contributed by atoms with Gasteiger partial charge in [-0.3, -0.25) is 4.79 Å². The summed E-state index contributed by atoms with van der Waals surface area (Å²) in [5.41, 5.74) is 0.764. The zero-order chi connectivity index (χ0) is 12.3. The van der Waals surface area contributed by atoms with Gasteiger partial charge in [-0.05, 0) is 32.2 Å². The van der Waals surface area contributed by atoms with Crippen molar-refractivity contribution in [1.29, 1.82) is 0 Å². The molecule has 94 valence electrons. The lowest BCUT2D eigenvalue weighted by atomic mass is 9.94. The predicted octanol–water partition coefficient (Wildman–Crippen LogP) is 0.987. The first kappa shape index (κ1) is 12.1. The van der Waals surface area contributed by atoms with Gasteiger partial charge in [0.15, 0.2) is 0 Å². The van der Waals surface area contributed by atoms with Gasteiger partial charge in [0.25, 0.3) is 0 Å². The Morgan fingerprint density at radius 3 is 3.18 bits per heavy atom. The van der Waals surface area contributed by atoms with E-state index in [9.17, 15) is 4.79 Å². The zero-order valence-electron chi connectivity index (χ0n) is 10.3. The van der Waals surface area contributed by atoms with Gasteiger partial charge in [-0.25, -0.2) is 0 Å². The van der Waals surface area contributed by atoms with Crippen molar-refractivity contribution < 1.29 is 9.32 Å². The Kier molecular flexibility index (Phi) is 3.78. The Bertz CT molecular complexity index is 389. The van der Waals surface area contributed by atoms with E-state index < -0.39 is 0 Å². The molecule has 1 amide bonds. The minimum absolute atomic E-state index is 0.0530. The highest BCUT2D eigenvalue weighted by Gasteiger charge is 2.24. The van der Waals surface area contributed by atoms with Crippen LogP contribution in [0.5, 0.6) is 0 Å². The van der Waals surface area contributed by atoms with Crippen LogP contribution in [0.4, 0.5) is 0 Å². The van der Waals surface area contributed by atoms with E-state index in [1.807, 2.05) is 13.0 Å². The molecule has 5 nitrogen and oxygen atoms in total. The summed E-state index contributed by atoms with van der Waals surface area (Å²) in [6.07, 6.45) is 2.05. The lowest BCUT2D eigenvalue weighted by Gasteiger charge is -2.27. The molecule has 0 bridgehead atoms. The van der Waals surface area contributed by atoms with Crippen LogP contribution in [0.2, 0.25) is 0 Å². The molecule has 0 saturated carbocycles. The molecule has 2 heterocycles. The van der Waals surface area contributed by atoms with Gasteiger partial charge in [0.2, 0.25) is 5.91 Å². The molecule has 0 radical (unpaired) electrons. The number of aryl methyl sites for hydroxylation is 1. The fourth-order valence-electron chi connectivity index (χ4n) is 2.11. The van der Waals surface area contributed by atoms with Gasteiger partial charge >= 0.3 is 0 Å². The van der Waals surface area contributed by atoms with Crippen LogP contribution in [0, 0.1) is 12.8 Å². The van der Waals surface area contributed by atoms with Crippen LogP contribution in [0.1, 0.15) is 31.2 Å². The molecule has 2 atom stereocenters. The van der Waals surface area contributed by atoms with Gasteiger partial charge in [-0.2, -0.15) is 0 Å². The second-order valence-corrected chi connectivity index (χ2v) is 4.78. The van der Waals surface area contributed by atoms with Gasteiger partial charge in [0.1, 0.15) is 11.5 Å². The van der Waals surface area contributed by atoms with E-state index in [2.05, 4.69) is 22.7 Å². The third-order valence-corrected chi connectivity index (χ3v) is 3.10. The van der Waals surface area contributed by atoms with Gasteiger partial charge in [0, 0.05) is 6.07 Å². The third-order valence-electron chi connectivity index (χ3n) is 3.10. The highest BCUT2D eigenvalue weighted by atomic mass is 16.5. The SMILES string of the molecule is Cc1cc(CNC(=O)C2CC(C)CCN2)no1. The molecule has 17 heavy (non-hydrogen) atoms. The van der Waals surface area contributed by atoms with Crippen LogP contribution in [-0.4, -0.2) is 23.7 Å². The minimum atomic E-state index is -0.0632. The Morgan fingerprint density at radius 1 is 1.71 bits per heavy atom.